The minimum atomic E-state index is -5.04. The van der Waals surface area contributed by atoms with Gasteiger partial charge in [0.1, 0.15) is 22.9 Å². The van der Waals surface area contributed by atoms with Gasteiger partial charge in [0.25, 0.3) is 5.76 Å². The summed E-state index contributed by atoms with van der Waals surface area (Å²) in [5.74, 6) is -4.41. The van der Waals surface area contributed by atoms with Crippen LogP contribution in [0.25, 0.3) is 11.0 Å². The summed E-state index contributed by atoms with van der Waals surface area (Å²) >= 11 is 0. The van der Waals surface area contributed by atoms with Crippen molar-refractivity contribution in [1.29, 1.82) is 0 Å². The maximum absolute atomic E-state index is 13.7. The van der Waals surface area contributed by atoms with Gasteiger partial charge < -0.3 is 13.9 Å². The summed E-state index contributed by atoms with van der Waals surface area (Å²) in [5, 5.41) is -0.212. The summed E-state index contributed by atoms with van der Waals surface area (Å²) < 4.78 is 69.6. The molecule has 1 heterocycles. The van der Waals surface area contributed by atoms with Crippen LogP contribution in [0.5, 0.6) is 17.2 Å². The molecule has 0 aliphatic rings. The smallest absolute Gasteiger partial charge is 0.449 e. The van der Waals surface area contributed by atoms with Gasteiger partial charge in [-0.3, -0.25) is 4.79 Å². The molecule has 5 nitrogen and oxygen atoms in total. The van der Waals surface area contributed by atoms with Crippen molar-refractivity contribution in [3.05, 3.63) is 99.7 Å². The van der Waals surface area contributed by atoms with E-state index in [9.17, 15) is 27.2 Å². The van der Waals surface area contributed by atoms with Gasteiger partial charge in [-0.1, -0.05) is 23.8 Å². The van der Waals surface area contributed by atoms with Gasteiger partial charge in [-0.25, -0.2) is 9.18 Å². The summed E-state index contributed by atoms with van der Waals surface area (Å²) in [5.41, 5.74) is -0.765. The number of alkyl halides is 3. The van der Waals surface area contributed by atoms with Crippen LogP contribution >= 0.6 is 0 Å². The third-order valence-corrected chi connectivity index (χ3v) is 4.59. The van der Waals surface area contributed by atoms with E-state index >= 15 is 0 Å². The number of fused-ring (bicyclic) bond motifs is 1. The number of carbonyl (C=O) groups is 1. The van der Waals surface area contributed by atoms with E-state index in [0.717, 1.165) is 29.8 Å². The van der Waals surface area contributed by atoms with E-state index in [1.807, 2.05) is 0 Å². The van der Waals surface area contributed by atoms with E-state index in [0.29, 0.717) is 0 Å². The average molecular weight is 458 g/mol. The van der Waals surface area contributed by atoms with E-state index < -0.39 is 40.5 Å². The minimum Gasteiger partial charge on any atom is -0.449 e. The predicted octanol–water partition coefficient (Wildman–Crippen LogP) is 6.27. The molecule has 9 heteroatoms. The normalized spacial score (nSPS) is 11.4. The van der Waals surface area contributed by atoms with Gasteiger partial charge >= 0.3 is 12.1 Å². The maximum Gasteiger partial charge on any atom is 0.453 e. The van der Waals surface area contributed by atoms with Crippen LogP contribution in [0.4, 0.5) is 17.6 Å². The van der Waals surface area contributed by atoms with Crippen molar-refractivity contribution in [2.24, 2.45) is 0 Å². The molecular weight excluding hydrogens is 444 g/mol. The number of ether oxygens (including phenoxy) is 2. The number of esters is 1. The summed E-state index contributed by atoms with van der Waals surface area (Å²) in [4.78, 5) is 25.0. The molecule has 0 aliphatic carbocycles. The van der Waals surface area contributed by atoms with Gasteiger partial charge in [0, 0.05) is 6.07 Å². The standard InChI is InChI=1S/C24H14F4O5/c1-13-5-7-16(8-6-13)31-21-20(29)18-10-9-17(12-19(18)33-22(21)24(26,27)28)32-23(30)14-3-2-4-15(25)11-14/h2-12H,1H3. The molecule has 0 atom stereocenters. The maximum atomic E-state index is 13.7. The van der Waals surface area contributed by atoms with Crippen molar-refractivity contribution in [1.82, 2.24) is 0 Å². The number of carbonyl (C=O) groups excluding carboxylic acids is 1. The van der Waals surface area contributed by atoms with Gasteiger partial charge in [0.2, 0.25) is 11.2 Å². The molecule has 3 aromatic carbocycles. The highest BCUT2D eigenvalue weighted by atomic mass is 19.4. The SMILES string of the molecule is Cc1ccc(Oc2c(C(F)(F)F)oc3cc(OC(=O)c4cccc(F)c4)ccc3c2=O)cc1. The Morgan fingerprint density at radius 3 is 2.30 bits per heavy atom. The van der Waals surface area contributed by atoms with E-state index in [4.69, 9.17) is 13.9 Å². The lowest BCUT2D eigenvalue weighted by atomic mass is 10.2. The van der Waals surface area contributed by atoms with Crippen molar-refractivity contribution in [3.63, 3.8) is 0 Å². The first kappa shape index (κ1) is 22.1. The van der Waals surface area contributed by atoms with E-state index in [1.165, 1.54) is 30.3 Å². The zero-order chi connectivity index (χ0) is 23.8. The fraction of sp³-hybridized carbons (Fsp3) is 0.0833. The third-order valence-electron chi connectivity index (χ3n) is 4.59. The highest BCUT2D eigenvalue weighted by Crippen LogP contribution is 2.38. The quantitative estimate of drug-likeness (QED) is 0.205. The molecule has 0 saturated carbocycles. The Balaban J connectivity index is 1.75. The molecule has 0 N–H and O–H groups in total. The Labute approximate surface area is 183 Å². The lowest BCUT2D eigenvalue weighted by Crippen LogP contribution is -2.15. The lowest BCUT2D eigenvalue weighted by Gasteiger charge is -2.13. The number of hydrogen-bond acceptors (Lipinski definition) is 5. The largest absolute Gasteiger partial charge is 0.453 e. The topological polar surface area (TPSA) is 65.7 Å². The first-order valence-electron chi connectivity index (χ1n) is 9.52. The van der Waals surface area contributed by atoms with Gasteiger partial charge in [-0.05, 0) is 49.4 Å². The second-order valence-electron chi connectivity index (χ2n) is 7.06. The lowest BCUT2D eigenvalue weighted by molar-refractivity contribution is -0.154. The second kappa shape index (κ2) is 8.42. The zero-order valence-corrected chi connectivity index (χ0v) is 16.9. The number of rotatable bonds is 4. The molecule has 0 fully saturated rings. The van der Waals surface area contributed by atoms with Gasteiger partial charge in [-0.2, -0.15) is 13.2 Å². The predicted molar refractivity (Wildman–Crippen MR) is 110 cm³/mol. The van der Waals surface area contributed by atoms with Crippen LogP contribution in [0.1, 0.15) is 21.7 Å². The number of halogens is 4. The molecule has 0 aliphatic heterocycles. The van der Waals surface area contributed by atoms with Gasteiger partial charge in [0.15, 0.2) is 0 Å². The molecule has 0 unspecified atom stereocenters. The van der Waals surface area contributed by atoms with Gasteiger partial charge in [-0.15, -0.1) is 0 Å². The Hall–Kier alpha value is -4.14. The van der Waals surface area contributed by atoms with Crippen LogP contribution in [0.15, 0.2) is 75.9 Å². The van der Waals surface area contributed by atoms with Crippen LogP contribution in [0.3, 0.4) is 0 Å². The monoisotopic (exact) mass is 458 g/mol. The van der Waals surface area contributed by atoms with E-state index in [2.05, 4.69) is 0 Å². The fourth-order valence-corrected chi connectivity index (χ4v) is 3.00. The van der Waals surface area contributed by atoms with Crippen LogP contribution in [0.2, 0.25) is 0 Å². The van der Waals surface area contributed by atoms with Crippen molar-refractivity contribution in [3.8, 4) is 17.2 Å². The number of hydrogen-bond donors (Lipinski definition) is 0. The number of aryl methyl sites for hydroxylation is 1. The molecular formula is C24H14F4O5. The summed E-state index contributed by atoms with van der Waals surface area (Å²) in [7, 11) is 0. The fourth-order valence-electron chi connectivity index (χ4n) is 3.00. The van der Waals surface area contributed by atoms with Crippen LogP contribution in [-0.4, -0.2) is 5.97 Å². The number of benzene rings is 3. The van der Waals surface area contributed by atoms with Crippen molar-refractivity contribution < 1.29 is 36.2 Å². The van der Waals surface area contributed by atoms with Crippen molar-refractivity contribution in [2.75, 3.05) is 0 Å². The highest BCUT2D eigenvalue weighted by molar-refractivity contribution is 5.91. The first-order chi connectivity index (χ1) is 15.6. The Kier molecular flexibility index (Phi) is 5.63. The van der Waals surface area contributed by atoms with Gasteiger partial charge in [0.05, 0.1) is 10.9 Å². The first-order valence-corrected chi connectivity index (χ1v) is 9.52. The zero-order valence-electron chi connectivity index (χ0n) is 16.9. The summed E-state index contributed by atoms with van der Waals surface area (Å²) in [6.45, 7) is 1.79. The molecule has 1 aromatic heterocycles. The molecule has 4 aromatic rings. The second-order valence-corrected chi connectivity index (χ2v) is 7.06. The van der Waals surface area contributed by atoms with Crippen LogP contribution in [-0.2, 0) is 6.18 Å². The molecule has 0 spiro atoms. The third kappa shape index (κ3) is 4.72. The molecule has 0 amide bonds. The molecule has 0 saturated heterocycles. The average Bonchev–Trinajstić information content (AvgIpc) is 2.76. The van der Waals surface area contributed by atoms with E-state index in [1.54, 1.807) is 19.1 Å². The molecule has 4 rings (SSSR count). The highest BCUT2D eigenvalue weighted by Gasteiger charge is 2.40. The Bertz CT molecular complexity index is 1410. The Morgan fingerprint density at radius 2 is 1.64 bits per heavy atom. The molecule has 168 valence electrons. The summed E-state index contributed by atoms with van der Waals surface area (Å²) in [6, 6.07) is 14.1. The summed E-state index contributed by atoms with van der Waals surface area (Å²) in [6.07, 6.45) is -5.04. The van der Waals surface area contributed by atoms with Crippen molar-refractivity contribution in [2.45, 2.75) is 13.1 Å². The van der Waals surface area contributed by atoms with Crippen LogP contribution < -0.4 is 14.9 Å². The van der Waals surface area contributed by atoms with Crippen LogP contribution in [0, 0.1) is 12.7 Å². The minimum absolute atomic E-state index is 0.0263. The Morgan fingerprint density at radius 1 is 0.939 bits per heavy atom. The molecule has 0 radical (unpaired) electrons. The molecule has 0 bridgehead atoms. The van der Waals surface area contributed by atoms with E-state index in [-0.39, 0.29) is 22.4 Å². The molecule has 33 heavy (non-hydrogen) atoms. The van der Waals surface area contributed by atoms with Crippen molar-refractivity contribution >= 4 is 16.9 Å².